The number of amides is 1. The van der Waals surface area contributed by atoms with Crippen molar-refractivity contribution in [3.63, 3.8) is 0 Å². The summed E-state index contributed by atoms with van der Waals surface area (Å²) in [6, 6.07) is 18.9. The Morgan fingerprint density at radius 1 is 1.00 bits per heavy atom. The van der Waals surface area contributed by atoms with Crippen LogP contribution in [0.15, 0.2) is 82.2 Å². The van der Waals surface area contributed by atoms with Crippen LogP contribution in [0.25, 0.3) is 10.1 Å². The average molecular weight is 519 g/mol. The van der Waals surface area contributed by atoms with Crippen molar-refractivity contribution in [2.75, 3.05) is 16.7 Å². The van der Waals surface area contributed by atoms with Crippen molar-refractivity contribution in [3.8, 4) is 0 Å². The molecule has 158 valence electrons. The number of carbonyl (C=O) groups is 1. The predicted octanol–water partition coefficient (Wildman–Crippen LogP) is 5.88. The summed E-state index contributed by atoms with van der Waals surface area (Å²) in [6.45, 7) is 0. The summed E-state index contributed by atoms with van der Waals surface area (Å²) >= 11 is 4.60. The standard InChI is InChI=1S/C22H16BrFN2O3S2/c1-26(31(28,29)19-9-2-15(23)3-10-19)18-8-11-20-14(12-18)13-21(30-20)22(27)25-17-6-4-16(24)5-7-17/h2-13H,1H3,(H,25,27). The fourth-order valence-electron chi connectivity index (χ4n) is 2.97. The molecule has 31 heavy (non-hydrogen) atoms. The second kappa shape index (κ2) is 8.41. The van der Waals surface area contributed by atoms with Crippen molar-refractivity contribution in [1.82, 2.24) is 0 Å². The number of hydrogen-bond acceptors (Lipinski definition) is 4. The third-order valence-corrected chi connectivity index (χ3v) is 8.10. The number of nitrogens with zero attached hydrogens (tertiary/aromatic N) is 1. The molecule has 0 radical (unpaired) electrons. The van der Waals surface area contributed by atoms with Gasteiger partial charge in [0.25, 0.3) is 15.9 Å². The molecule has 0 unspecified atom stereocenters. The summed E-state index contributed by atoms with van der Waals surface area (Å²) in [5, 5.41) is 3.48. The number of carbonyl (C=O) groups excluding carboxylic acids is 1. The number of nitrogens with one attached hydrogen (secondary N) is 1. The number of sulfonamides is 1. The van der Waals surface area contributed by atoms with Gasteiger partial charge < -0.3 is 5.32 Å². The molecule has 0 saturated heterocycles. The highest BCUT2D eigenvalue weighted by Crippen LogP contribution is 2.31. The van der Waals surface area contributed by atoms with E-state index in [2.05, 4.69) is 21.2 Å². The molecular formula is C22H16BrFN2O3S2. The Bertz CT molecular complexity index is 1370. The third kappa shape index (κ3) is 4.48. The van der Waals surface area contributed by atoms with Gasteiger partial charge in [-0.25, -0.2) is 12.8 Å². The molecule has 1 heterocycles. The van der Waals surface area contributed by atoms with Crippen molar-refractivity contribution < 1.29 is 17.6 Å². The van der Waals surface area contributed by atoms with Crippen LogP contribution < -0.4 is 9.62 Å². The van der Waals surface area contributed by atoms with Crippen molar-refractivity contribution in [2.24, 2.45) is 0 Å². The number of halogens is 2. The van der Waals surface area contributed by atoms with E-state index in [1.807, 2.05) is 0 Å². The van der Waals surface area contributed by atoms with E-state index in [0.29, 0.717) is 16.3 Å². The Labute approximate surface area is 191 Å². The van der Waals surface area contributed by atoms with Crippen molar-refractivity contribution in [3.05, 3.63) is 88.0 Å². The molecular weight excluding hydrogens is 503 g/mol. The highest BCUT2D eigenvalue weighted by Gasteiger charge is 2.22. The minimum atomic E-state index is -3.73. The van der Waals surface area contributed by atoms with Gasteiger partial charge in [0.15, 0.2) is 0 Å². The Kier molecular flexibility index (Phi) is 5.83. The van der Waals surface area contributed by atoms with Gasteiger partial charge in [-0.2, -0.15) is 0 Å². The Morgan fingerprint density at radius 2 is 1.68 bits per heavy atom. The topological polar surface area (TPSA) is 66.5 Å². The van der Waals surface area contributed by atoms with Crippen LogP contribution >= 0.6 is 27.3 Å². The van der Waals surface area contributed by atoms with Crippen LogP contribution in [0.1, 0.15) is 9.67 Å². The first-order chi connectivity index (χ1) is 14.7. The molecule has 0 bridgehead atoms. The number of thiophene rings is 1. The lowest BCUT2D eigenvalue weighted by atomic mass is 10.2. The molecule has 0 aliphatic heterocycles. The van der Waals surface area contributed by atoms with Gasteiger partial charge >= 0.3 is 0 Å². The lowest BCUT2D eigenvalue weighted by molar-refractivity contribution is 0.103. The van der Waals surface area contributed by atoms with E-state index in [1.165, 1.54) is 59.1 Å². The number of benzene rings is 3. The average Bonchev–Trinajstić information content (AvgIpc) is 3.18. The van der Waals surface area contributed by atoms with Gasteiger partial charge in [0.05, 0.1) is 15.5 Å². The number of hydrogen-bond donors (Lipinski definition) is 1. The Hall–Kier alpha value is -2.75. The molecule has 9 heteroatoms. The SMILES string of the molecule is CN(c1ccc2sc(C(=O)Nc3ccc(F)cc3)cc2c1)S(=O)(=O)c1ccc(Br)cc1. The molecule has 4 aromatic rings. The van der Waals surface area contributed by atoms with Crippen LogP contribution in [0.2, 0.25) is 0 Å². The zero-order valence-corrected chi connectivity index (χ0v) is 19.4. The minimum Gasteiger partial charge on any atom is -0.321 e. The summed E-state index contributed by atoms with van der Waals surface area (Å²) in [6.07, 6.45) is 0. The van der Waals surface area contributed by atoms with Crippen LogP contribution in [0.5, 0.6) is 0 Å². The second-order valence-electron chi connectivity index (χ2n) is 6.72. The minimum absolute atomic E-state index is 0.183. The van der Waals surface area contributed by atoms with E-state index in [4.69, 9.17) is 0 Å². The van der Waals surface area contributed by atoms with Crippen LogP contribution in [0, 0.1) is 5.82 Å². The monoisotopic (exact) mass is 518 g/mol. The summed E-state index contributed by atoms with van der Waals surface area (Å²) in [4.78, 5) is 13.2. The van der Waals surface area contributed by atoms with E-state index < -0.39 is 10.0 Å². The molecule has 5 nitrogen and oxygen atoms in total. The highest BCUT2D eigenvalue weighted by atomic mass is 79.9. The Balaban J connectivity index is 1.60. The molecule has 3 aromatic carbocycles. The molecule has 4 rings (SSSR count). The lowest BCUT2D eigenvalue weighted by Gasteiger charge is -2.19. The predicted molar refractivity (Wildman–Crippen MR) is 126 cm³/mol. The summed E-state index contributed by atoms with van der Waals surface area (Å²) in [5.41, 5.74) is 0.976. The van der Waals surface area contributed by atoms with Gasteiger partial charge in [0, 0.05) is 21.9 Å². The van der Waals surface area contributed by atoms with Gasteiger partial charge in [0.1, 0.15) is 5.82 Å². The van der Waals surface area contributed by atoms with Gasteiger partial charge in [0.2, 0.25) is 0 Å². The first-order valence-corrected chi connectivity index (χ1v) is 12.1. The van der Waals surface area contributed by atoms with E-state index in [0.717, 1.165) is 14.6 Å². The van der Waals surface area contributed by atoms with Crippen molar-refractivity contribution in [1.29, 1.82) is 0 Å². The van der Waals surface area contributed by atoms with Crippen LogP contribution in [0.3, 0.4) is 0 Å². The maximum absolute atomic E-state index is 13.0. The largest absolute Gasteiger partial charge is 0.321 e. The Morgan fingerprint density at radius 3 is 2.35 bits per heavy atom. The van der Waals surface area contributed by atoms with E-state index in [1.54, 1.807) is 36.4 Å². The smallest absolute Gasteiger partial charge is 0.265 e. The number of fused-ring (bicyclic) bond motifs is 1. The van der Waals surface area contributed by atoms with Crippen molar-refractivity contribution in [2.45, 2.75) is 4.90 Å². The molecule has 0 aliphatic carbocycles. The van der Waals surface area contributed by atoms with Crippen LogP contribution in [-0.2, 0) is 10.0 Å². The maximum Gasteiger partial charge on any atom is 0.265 e. The number of rotatable bonds is 5. The molecule has 0 saturated carbocycles. The molecule has 1 aromatic heterocycles. The highest BCUT2D eigenvalue weighted by molar-refractivity contribution is 9.10. The van der Waals surface area contributed by atoms with E-state index in [-0.39, 0.29) is 16.6 Å². The van der Waals surface area contributed by atoms with Crippen molar-refractivity contribution >= 4 is 64.7 Å². The quantitative estimate of drug-likeness (QED) is 0.358. The maximum atomic E-state index is 13.0. The zero-order valence-electron chi connectivity index (χ0n) is 16.2. The summed E-state index contributed by atoms with van der Waals surface area (Å²) < 4.78 is 41.8. The second-order valence-corrected chi connectivity index (χ2v) is 10.7. The van der Waals surface area contributed by atoms with Gasteiger partial charge in [-0.3, -0.25) is 9.10 Å². The van der Waals surface area contributed by atoms with Gasteiger partial charge in [-0.15, -0.1) is 11.3 Å². The molecule has 1 N–H and O–H groups in total. The van der Waals surface area contributed by atoms with Gasteiger partial charge in [-0.1, -0.05) is 15.9 Å². The number of anilines is 2. The molecule has 0 aliphatic rings. The van der Waals surface area contributed by atoms with Crippen LogP contribution in [-0.4, -0.2) is 21.4 Å². The first-order valence-electron chi connectivity index (χ1n) is 9.09. The van der Waals surface area contributed by atoms with E-state index in [9.17, 15) is 17.6 Å². The fraction of sp³-hybridized carbons (Fsp3) is 0.0455. The summed E-state index contributed by atoms with van der Waals surface area (Å²) in [5.74, 6) is -0.695. The van der Waals surface area contributed by atoms with E-state index >= 15 is 0 Å². The molecule has 0 spiro atoms. The summed E-state index contributed by atoms with van der Waals surface area (Å²) in [7, 11) is -2.23. The molecule has 1 amide bonds. The first kappa shape index (κ1) is 21.5. The molecule has 0 fully saturated rings. The van der Waals surface area contributed by atoms with Crippen LogP contribution in [0.4, 0.5) is 15.8 Å². The molecule has 0 atom stereocenters. The third-order valence-electron chi connectivity index (χ3n) is 4.66. The van der Waals surface area contributed by atoms with Gasteiger partial charge in [-0.05, 0) is 78.2 Å². The zero-order chi connectivity index (χ0) is 22.2. The normalized spacial score (nSPS) is 11.5. The lowest BCUT2D eigenvalue weighted by Crippen LogP contribution is -2.26. The fourth-order valence-corrected chi connectivity index (χ4v) is 5.36.